The summed E-state index contributed by atoms with van der Waals surface area (Å²) in [6.07, 6.45) is 2.39. The number of ketones is 1. The lowest BCUT2D eigenvalue weighted by Gasteiger charge is -2.14. The Morgan fingerprint density at radius 1 is 1.32 bits per heavy atom. The van der Waals surface area contributed by atoms with E-state index in [1.165, 1.54) is 4.80 Å². The largest absolute Gasteiger partial charge is 0.376 e. The van der Waals surface area contributed by atoms with Crippen LogP contribution in [0.4, 0.5) is 0 Å². The van der Waals surface area contributed by atoms with Gasteiger partial charge in [0.15, 0.2) is 5.78 Å². The molecule has 1 aromatic carbocycles. The summed E-state index contributed by atoms with van der Waals surface area (Å²) in [4.78, 5) is 14.2. The minimum Gasteiger partial charge on any atom is -0.376 e. The van der Waals surface area contributed by atoms with Crippen LogP contribution in [-0.4, -0.2) is 43.3 Å². The summed E-state index contributed by atoms with van der Waals surface area (Å²) in [7, 11) is 0. The molecule has 28 heavy (non-hydrogen) atoms. The van der Waals surface area contributed by atoms with Crippen molar-refractivity contribution in [3.63, 3.8) is 0 Å². The molecule has 3 aromatic rings. The number of hydrogen-bond acceptors (Lipinski definition) is 5. The van der Waals surface area contributed by atoms with E-state index in [1.54, 1.807) is 6.07 Å². The SMILES string of the molecule is Cc1cc(C(=O)Cn2nnc(-c3ccccc3Cl)n2)c(C)n1C[C@H]1CCCO1. The molecule has 0 amide bonds. The Labute approximate surface area is 168 Å². The van der Waals surface area contributed by atoms with Crippen LogP contribution in [0.1, 0.15) is 34.6 Å². The highest BCUT2D eigenvalue weighted by Gasteiger charge is 2.22. The standard InChI is InChI=1S/C20H22ClN5O2/c1-13-10-17(14(2)25(13)11-15-6-5-9-28-15)19(27)12-26-23-20(22-24-26)16-7-3-4-8-18(16)21/h3-4,7-8,10,15H,5-6,9,11-12H2,1-2H3/t15-/m1/s1. The second-order valence-electron chi connectivity index (χ2n) is 7.08. The summed E-state index contributed by atoms with van der Waals surface area (Å²) in [5.41, 5.74) is 3.38. The maximum absolute atomic E-state index is 12.9. The van der Waals surface area contributed by atoms with E-state index in [0.29, 0.717) is 22.0 Å². The maximum atomic E-state index is 12.9. The first-order chi connectivity index (χ1) is 13.5. The van der Waals surface area contributed by atoms with E-state index in [-0.39, 0.29) is 18.4 Å². The summed E-state index contributed by atoms with van der Waals surface area (Å²) < 4.78 is 7.90. The van der Waals surface area contributed by atoms with Gasteiger partial charge in [-0.15, -0.1) is 10.2 Å². The minimum atomic E-state index is -0.0465. The molecule has 1 saturated heterocycles. The zero-order valence-corrected chi connectivity index (χ0v) is 16.7. The topological polar surface area (TPSA) is 74.8 Å². The average Bonchev–Trinajstić information content (AvgIpc) is 3.40. The summed E-state index contributed by atoms with van der Waals surface area (Å²) in [6, 6.07) is 9.22. The van der Waals surface area contributed by atoms with Crippen molar-refractivity contribution in [2.75, 3.05) is 6.61 Å². The Bertz CT molecular complexity index is 1000. The number of nitrogens with zero attached hydrogens (tertiary/aromatic N) is 5. The second-order valence-corrected chi connectivity index (χ2v) is 7.48. The molecular formula is C20H22ClN5O2. The van der Waals surface area contributed by atoms with Crippen LogP contribution in [0.3, 0.4) is 0 Å². The van der Waals surface area contributed by atoms with Gasteiger partial charge in [0.25, 0.3) is 0 Å². The van der Waals surface area contributed by atoms with Gasteiger partial charge < -0.3 is 9.30 Å². The third kappa shape index (κ3) is 3.72. The lowest BCUT2D eigenvalue weighted by Crippen LogP contribution is -2.18. The summed E-state index contributed by atoms with van der Waals surface area (Å²) in [5, 5.41) is 12.9. The van der Waals surface area contributed by atoms with Gasteiger partial charge in [-0.2, -0.15) is 4.80 Å². The van der Waals surface area contributed by atoms with Gasteiger partial charge in [-0.25, -0.2) is 0 Å². The Morgan fingerprint density at radius 2 is 2.14 bits per heavy atom. The Hall–Kier alpha value is -2.51. The zero-order valence-electron chi connectivity index (χ0n) is 15.9. The fraction of sp³-hybridized carbons (Fsp3) is 0.400. The number of aromatic nitrogens is 5. The highest BCUT2D eigenvalue weighted by molar-refractivity contribution is 6.33. The molecule has 0 aliphatic carbocycles. The van der Waals surface area contributed by atoms with E-state index in [0.717, 1.165) is 37.4 Å². The molecule has 2 aromatic heterocycles. The molecule has 4 rings (SSSR count). The lowest BCUT2D eigenvalue weighted by molar-refractivity contribution is 0.0943. The summed E-state index contributed by atoms with van der Waals surface area (Å²) >= 11 is 6.18. The molecule has 0 unspecified atom stereocenters. The normalized spacial score (nSPS) is 16.6. The Kier molecular flexibility index (Phi) is 5.28. The number of hydrogen-bond donors (Lipinski definition) is 0. The molecule has 1 aliphatic rings. The van der Waals surface area contributed by atoms with Gasteiger partial charge in [0.05, 0.1) is 11.1 Å². The minimum absolute atomic E-state index is 0.0294. The Morgan fingerprint density at radius 3 is 2.89 bits per heavy atom. The molecule has 3 heterocycles. The van der Waals surface area contributed by atoms with Crippen LogP contribution in [0, 0.1) is 13.8 Å². The number of benzene rings is 1. The van der Waals surface area contributed by atoms with E-state index >= 15 is 0 Å². The fourth-order valence-corrected chi connectivity index (χ4v) is 3.85. The molecule has 0 saturated carbocycles. The van der Waals surface area contributed by atoms with Crippen LogP contribution in [0.2, 0.25) is 5.02 Å². The number of tetrazole rings is 1. The van der Waals surface area contributed by atoms with Gasteiger partial charge in [0.1, 0.15) is 6.54 Å². The molecule has 0 radical (unpaired) electrons. The number of rotatable bonds is 6. The lowest BCUT2D eigenvalue weighted by atomic mass is 10.1. The molecular weight excluding hydrogens is 378 g/mol. The van der Waals surface area contributed by atoms with E-state index in [9.17, 15) is 4.79 Å². The van der Waals surface area contributed by atoms with Crippen molar-refractivity contribution in [3.8, 4) is 11.4 Å². The number of carbonyl (C=O) groups is 1. The predicted molar refractivity (Wildman–Crippen MR) is 105 cm³/mol. The van der Waals surface area contributed by atoms with E-state index < -0.39 is 0 Å². The summed E-state index contributed by atoms with van der Waals surface area (Å²) in [5.74, 6) is 0.358. The smallest absolute Gasteiger partial charge is 0.206 e. The number of Topliss-reactive ketones (excluding diaryl/α,β-unsaturated/α-hetero) is 1. The highest BCUT2D eigenvalue weighted by Crippen LogP contribution is 2.24. The van der Waals surface area contributed by atoms with E-state index in [2.05, 4.69) is 20.0 Å². The molecule has 0 bridgehead atoms. The third-order valence-electron chi connectivity index (χ3n) is 5.14. The molecule has 1 fully saturated rings. The van der Waals surface area contributed by atoms with Gasteiger partial charge in [0.2, 0.25) is 5.82 Å². The van der Waals surface area contributed by atoms with Gasteiger partial charge in [0, 0.05) is 35.7 Å². The quantitative estimate of drug-likeness (QED) is 0.593. The van der Waals surface area contributed by atoms with E-state index in [4.69, 9.17) is 16.3 Å². The van der Waals surface area contributed by atoms with Crippen LogP contribution in [0.25, 0.3) is 11.4 Å². The molecule has 146 valence electrons. The number of carbonyl (C=O) groups excluding carboxylic acids is 1. The molecule has 8 heteroatoms. The monoisotopic (exact) mass is 399 g/mol. The van der Waals surface area contributed by atoms with Crippen molar-refractivity contribution < 1.29 is 9.53 Å². The van der Waals surface area contributed by atoms with Crippen LogP contribution in [0.15, 0.2) is 30.3 Å². The number of aryl methyl sites for hydroxylation is 1. The molecule has 0 N–H and O–H groups in total. The van der Waals surface area contributed by atoms with Crippen molar-refractivity contribution in [1.29, 1.82) is 0 Å². The van der Waals surface area contributed by atoms with Crippen molar-refractivity contribution in [1.82, 2.24) is 24.8 Å². The molecule has 1 atom stereocenters. The summed E-state index contributed by atoms with van der Waals surface area (Å²) in [6.45, 7) is 5.62. The zero-order chi connectivity index (χ0) is 19.7. The highest BCUT2D eigenvalue weighted by atomic mass is 35.5. The maximum Gasteiger partial charge on any atom is 0.206 e. The Balaban J connectivity index is 1.51. The van der Waals surface area contributed by atoms with Crippen LogP contribution >= 0.6 is 11.6 Å². The average molecular weight is 400 g/mol. The number of ether oxygens (including phenoxy) is 1. The first-order valence-corrected chi connectivity index (χ1v) is 9.75. The van der Waals surface area contributed by atoms with Gasteiger partial charge in [-0.3, -0.25) is 4.79 Å². The second kappa shape index (κ2) is 7.85. The van der Waals surface area contributed by atoms with Gasteiger partial charge in [-0.05, 0) is 50.1 Å². The van der Waals surface area contributed by atoms with Crippen molar-refractivity contribution in [3.05, 3.63) is 52.3 Å². The molecule has 1 aliphatic heterocycles. The van der Waals surface area contributed by atoms with Gasteiger partial charge >= 0.3 is 0 Å². The molecule has 0 spiro atoms. The van der Waals surface area contributed by atoms with Crippen LogP contribution < -0.4 is 0 Å². The molecule has 7 nitrogen and oxygen atoms in total. The first kappa shape index (κ1) is 18.8. The van der Waals surface area contributed by atoms with Crippen molar-refractivity contribution in [2.45, 2.75) is 45.9 Å². The van der Waals surface area contributed by atoms with Gasteiger partial charge in [-0.1, -0.05) is 23.7 Å². The predicted octanol–water partition coefficient (Wildman–Crippen LogP) is 3.47. The third-order valence-corrected chi connectivity index (χ3v) is 5.47. The fourth-order valence-electron chi connectivity index (χ4n) is 3.63. The van der Waals surface area contributed by atoms with Crippen molar-refractivity contribution >= 4 is 17.4 Å². The first-order valence-electron chi connectivity index (χ1n) is 9.37. The van der Waals surface area contributed by atoms with Crippen LogP contribution in [-0.2, 0) is 17.8 Å². The van der Waals surface area contributed by atoms with Crippen LogP contribution in [0.5, 0.6) is 0 Å². The van der Waals surface area contributed by atoms with E-state index in [1.807, 2.05) is 38.1 Å². The van der Waals surface area contributed by atoms with Crippen molar-refractivity contribution in [2.24, 2.45) is 0 Å². The number of halogens is 1.